The molecule has 0 radical (unpaired) electrons. The van der Waals surface area contributed by atoms with E-state index in [9.17, 15) is 18.0 Å². The van der Waals surface area contributed by atoms with Crippen LogP contribution in [-0.4, -0.2) is 22.4 Å². The summed E-state index contributed by atoms with van der Waals surface area (Å²) in [5.41, 5.74) is 1.24. The summed E-state index contributed by atoms with van der Waals surface area (Å²) in [5, 5.41) is 0.192. The molecule has 0 saturated heterocycles. The van der Waals surface area contributed by atoms with Gasteiger partial charge in [0.05, 0.1) is 5.56 Å². The number of fused-ring (bicyclic) bond motifs is 1. The van der Waals surface area contributed by atoms with Crippen molar-refractivity contribution in [1.29, 1.82) is 0 Å². The van der Waals surface area contributed by atoms with E-state index in [0.717, 1.165) is 17.7 Å². The summed E-state index contributed by atoms with van der Waals surface area (Å²) < 4.78 is 45.1. The maximum Gasteiger partial charge on any atom is 0.416 e. The van der Waals surface area contributed by atoms with Crippen molar-refractivity contribution in [3.05, 3.63) is 88.7 Å². The SMILES string of the molecule is O=C1c2nc(Cl)ccc2CCN1c1nc(-c2ccccc2)oc1-c1ccc(C(F)(F)F)cc1. The van der Waals surface area contributed by atoms with E-state index in [1.165, 1.54) is 17.0 Å². The number of carbonyl (C=O) groups is 1. The van der Waals surface area contributed by atoms with Gasteiger partial charge in [-0.05, 0) is 42.3 Å². The summed E-state index contributed by atoms with van der Waals surface area (Å²) in [5.74, 6) is 0.255. The van der Waals surface area contributed by atoms with Crippen molar-refractivity contribution in [2.24, 2.45) is 0 Å². The summed E-state index contributed by atoms with van der Waals surface area (Å²) in [6.45, 7) is 0.309. The molecule has 0 unspecified atom stereocenters. The summed E-state index contributed by atoms with van der Waals surface area (Å²) >= 11 is 5.99. The van der Waals surface area contributed by atoms with E-state index in [1.54, 1.807) is 24.3 Å². The monoisotopic (exact) mass is 469 g/mol. The van der Waals surface area contributed by atoms with Crippen molar-refractivity contribution in [2.45, 2.75) is 12.6 Å². The number of amides is 1. The first kappa shape index (κ1) is 21.2. The number of halogens is 4. The zero-order valence-electron chi connectivity index (χ0n) is 16.9. The summed E-state index contributed by atoms with van der Waals surface area (Å²) in [6.07, 6.45) is -3.94. The predicted octanol–water partition coefficient (Wildman–Crippen LogP) is 6.28. The topological polar surface area (TPSA) is 59.2 Å². The highest BCUT2D eigenvalue weighted by molar-refractivity contribution is 6.29. The fraction of sp³-hybridized carbons (Fsp3) is 0.125. The number of aromatic nitrogens is 2. The van der Waals surface area contributed by atoms with Crippen LogP contribution in [0.5, 0.6) is 0 Å². The fourth-order valence-electron chi connectivity index (χ4n) is 3.71. The average Bonchev–Trinajstić information content (AvgIpc) is 3.25. The zero-order chi connectivity index (χ0) is 23.2. The molecule has 5 nitrogen and oxygen atoms in total. The third-order valence-electron chi connectivity index (χ3n) is 5.36. The van der Waals surface area contributed by atoms with Crippen LogP contribution in [0.15, 0.2) is 71.1 Å². The van der Waals surface area contributed by atoms with Crippen LogP contribution < -0.4 is 4.90 Å². The molecule has 0 bridgehead atoms. The lowest BCUT2D eigenvalue weighted by Crippen LogP contribution is -2.39. The Balaban J connectivity index is 1.62. The fourth-order valence-corrected chi connectivity index (χ4v) is 3.86. The van der Waals surface area contributed by atoms with Gasteiger partial charge in [-0.1, -0.05) is 48.0 Å². The van der Waals surface area contributed by atoms with Crippen molar-refractivity contribution in [3.63, 3.8) is 0 Å². The molecule has 4 aromatic rings. The minimum absolute atomic E-state index is 0.192. The van der Waals surface area contributed by atoms with Gasteiger partial charge in [-0.15, -0.1) is 0 Å². The van der Waals surface area contributed by atoms with Gasteiger partial charge in [0, 0.05) is 17.7 Å². The average molecular weight is 470 g/mol. The molecular weight excluding hydrogens is 455 g/mol. The van der Waals surface area contributed by atoms with Gasteiger partial charge in [0.1, 0.15) is 10.8 Å². The number of alkyl halides is 3. The second-order valence-corrected chi connectivity index (χ2v) is 7.85. The number of hydrogen-bond donors (Lipinski definition) is 0. The van der Waals surface area contributed by atoms with Gasteiger partial charge in [0.15, 0.2) is 11.6 Å². The molecule has 1 aliphatic rings. The highest BCUT2D eigenvalue weighted by Gasteiger charge is 2.33. The maximum absolute atomic E-state index is 13.3. The van der Waals surface area contributed by atoms with Gasteiger partial charge >= 0.3 is 6.18 Å². The van der Waals surface area contributed by atoms with E-state index in [-0.39, 0.29) is 28.3 Å². The number of rotatable bonds is 3. The molecule has 0 fully saturated rings. The Morgan fingerprint density at radius 1 is 0.909 bits per heavy atom. The molecule has 0 aliphatic carbocycles. The van der Waals surface area contributed by atoms with Gasteiger partial charge in [0.2, 0.25) is 5.89 Å². The molecule has 166 valence electrons. The number of anilines is 1. The smallest absolute Gasteiger partial charge is 0.416 e. The molecule has 1 amide bonds. The van der Waals surface area contributed by atoms with Gasteiger partial charge in [-0.25, -0.2) is 4.98 Å². The standard InChI is InChI=1S/C24H15ClF3N3O2/c25-18-11-8-14-12-13-31(23(32)19(14)29-18)21-20(15-6-9-17(10-7-15)24(26,27)28)33-22(30-21)16-4-2-1-3-5-16/h1-11H,12-13H2. The largest absolute Gasteiger partial charge is 0.434 e. The Bertz CT molecular complexity index is 1340. The van der Waals surface area contributed by atoms with Crippen LogP contribution >= 0.6 is 11.6 Å². The van der Waals surface area contributed by atoms with E-state index in [1.807, 2.05) is 18.2 Å². The van der Waals surface area contributed by atoms with E-state index in [2.05, 4.69) is 9.97 Å². The van der Waals surface area contributed by atoms with Crippen molar-refractivity contribution >= 4 is 23.3 Å². The Hall–Kier alpha value is -3.65. The maximum atomic E-state index is 13.3. The molecule has 33 heavy (non-hydrogen) atoms. The minimum atomic E-state index is -4.46. The lowest BCUT2D eigenvalue weighted by Gasteiger charge is -2.26. The van der Waals surface area contributed by atoms with Crippen LogP contribution in [0, 0.1) is 0 Å². The summed E-state index contributed by atoms with van der Waals surface area (Å²) in [4.78, 5) is 23.4. The lowest BCUT2D eigenvalue weighted by molar-refractivity contribution is -0.137. The number of carbonyl (C=O) groups excluding carboxylic acids is 1. The zero-order valence-corrected chi connectivity index (χ0v) is 17.7. The van der Waals surface area contributed by atoms with E-state index in [0.29, 0.717) is 24.1 Å². The third-order valence-corrected chi connectivity index (χ3v) is 5.57. The highest BCUT2D eigenvalue weighted by Crippen LogP contribution is 2.38. The Morgan fingerprint density at radius 3 is 2.33 bits per heavy atom. The highest BCUT2D eigenvalue weighted by atomic mass is 35.5. The van der Waals surface area contributed by atoms with Gasteiger partial charge in [0.25, 0.3) is 5.91 Å². The molecule has 0 atom stereocenters. The van der Waals surface area contributed by atoms with E-state index in [4.69, 9.17) is 16.0 Å². The second-order valence-electron chi connectivity index (χ2n) is 7.46. The Kier molecular flexibility index (Phi) is 5.17. The van der Waals surface area contributed by atoms with Crippen molar-refractivity contribution in [3.8, 4) is 22.8 Å². The molecule has 0 spiro atoms. The first-order valence-corrected chi connectivity index (χ1v) is 10.4. The number of hydrogen-bond acceptors (Lipinski definition) is 4. The van der Waals surface area contributed by atoms with E-state index < -0.39 is 17.6 Å². The first-order valence-electron chi connectivity index (χ1n) is 10.0. The van der Waals surface area contributed by atoms with Crippen molar-refractivity contribution in [1.82, 2.24) is 9.97 Å². The van der Waals surface area contributed by atoms with Crippen LogP contribution in [0.2, 0.25) is 5.15 Å². The molecule has 1 aliphatic heterocycles. The predicted molar refractivity (Wildman–Crippen MR) is 117 cm³/mol. The number of oxazole rings is 1. The number of pyridine rings is 1. The van der Waals surface area contributed by atoms with Crippen molar-refractivity contribution in [2.75, 3.05) is 11.4 Å². The number of nitrogens with zero attached hydrogens (tertiary/aromatic N) is 3. The molecule has 9 heteroatoms. The molecule has 3 heterocycles. The molecule has 2 aromatic heterocycles. The lowest BCUT2D eigenvalue weighted by atomic mass is 10.0. The first-order chi connectivity index (χ1) is 15.8. The molecular formula is C24H15ClF3N3O2. The van der Waals surface area contributed by atoms with Crippen LogP contribution in [-0.2, 0) is 12.6 Å². The minimum Gasteiger partial charge on any atom is -0.434 e. The van der Waals surface area contributed by atoms with Crippen LogP contribution in [0.25, 0.3) is 22.8 Å². The van der Waals surface area contributed by atoms with Crippen LogP contribution in [0.4, 0.5) is 19.0 Å². The normalized spacial score (nSPS) is 13.8. The van der Waals surface area contributed by atoms with E-state index >= 15 is 0 Å². The Labute approximate surface area is 191 Å². The molecule has 0 N–H and O–H groups in total. The quantitative estimate of drug-likeness (QED) is 0.331. The third kappa shape index (κ3) is 3.98. The van der Waals surface area contributed by atoms with Crippen molar-refractivity contribution < 1.29 is 22.4 Å². The number of benzene rings is 2. The van der Waals surface area contributed by atoms with Crippen LogP contribution in [0.1, 0.15) is 21.6 Å². The summed E-state index contributed by atoms with van der Waals surface area (Å²) in [7, 11) is 0. The molecule has 5 rings (SSSR count). The second kappa shape index (κ2) is 8.04. The molecule has 2 aromatic carbocycles. The molecule has 0 saturated carbocycles. The van der Waals surface area contributed by atoms with Gasteiger partial charge in [-0.3, -0.25) is 9.69 Å². The van der Waals surface area contributed by atoms with Gasteiger partial charge in [-0.2, -0.15) is 18.2 Å². The van der Waals surface area contributed by atoms with Gasteiger partial charge < -0.3 is 4.42 Å². The Morgan fingerprint density at radius 2 is 1.64 bits per heavy atom. The van der Waals surface area contributed by atoms with Crippen LogP contribution in [0.3, 0.4) is 0 Å². The summed E-state index contributed by atoms with van der Waals surface area (Å²) in [6, 6.07) is 17.0.